The fourth-order valence-electron chi connectivity index (χ4n) is 3.21. The lowest BCUT2D eigenvalue weighted by Crippen LogP contribution is -2.19. The number of hydrogen-bond acceptors (Lipinski definition) is 3. The van der Waals surface area contributed by atoms with E-state index in [4.69, 9.17) is 12.2 Å². The molecule has 4 aromatic carbocycles. The van der Waals surface area contributed by atoms with Crippen molar-refractivity contribution in [3.8, 4) is 0 Å². The summed E-state index contributed by atoms with van der Waals surface area (Å²) in [7, 11) is 0. The van der Waals surface area contributed by atoms with Gasteiger partial charge in [-0.05, 0) is 78.4 Å². The number of nitrogens with one attached hydrogen (secondary N) is 3. The van der Waals surface area contributed by atoms with Gasteiger partial charge in [-0.25, -0.2) is 0 Å². The molecule has 3 N–H and O–H groups in total. The molecule has 170 valence electrons. The van der Waals surface area contributed by atoms with Crippen LogP contribution < -0.4 is 16.0 Å². The maximum Gasteiger partial charge on any atom is 0.242 e. The Hall–Kier alpha value is -3.13. The standard InChI is InChI=1S/C27H22BrN3OS2/c28-20-11-13-22(14-12-20)29-26(32)25(19-7-3-1-4-8-19)34-24-17-15-23(16-18-24)31-27(33)30-21-9-5-2-6-10-21/h1-18,25H,(H,29,32)(H2,30,31,33). The van der Waals surface area contributed by atoms with Gasteiger partial charge in [-0.2, -0.15) is 0 Å². The monoisotopic (exact) mass is 547 g/mol. The maximum absolute atomic E-state index is 13.2. The van der Waals surface area contributed by atoms with Gasteiger partial charge < -0.3 is 16.0 Å². The first-order valence-electron chi connectivity index (χ1n) is 10.6. The summed E-state index contributed by atoms with van der Waals surface area (Å²) in [5.74, 6) is -0.0750. The molecule has 34 heavy (non-hydrogen) atoms. The van der Waals surface area contributed by atoms with Gasteiger partial charge in [0.25, 0.3) is 0 Å². The van der Waals surface area contributed by atoms with E-state index < -0.39 is 5.25 Å². The highest BCUT2D eigenvalue weighted by Crippen LogP contribution is 2.36. The molecule has 1 atom stereocenters. The molecule has 4 rings (SSSR count). The van der Waals surface area contributed by atoms with Crippen LogP contribution in [-0.4, -0.2) is 11.0 Å². The predicted octanol–water partition coefficient (Wildman–Crippen LogP) is 7.73. The molecule has 0 spiro atoms. The van der Waals surface area contributed by atoms with Crippen LogP contribution in [0.15, 0.2) is 119 Å². The topological polar surface area (TPSA) is 53.2 Å². The number of carbonyl (C=O) groups is 1. The first kappa shape index (κ1) is 24.0. The average Bonchev–Trinajstić information content (AvgIpc) is 2.86. The largest absolute Gasteiger partial charge is 0.332 e. The Morgan fingerprint density at radius 1 is 0.676 bits per heavy atom. The summed E-state index contributed by atoms with van der Waals surface area (Å²) in [5.41, 5.74) is 3.49. The van der Waals surface area contributed by atoms with Crippen molar-refractivity contribution < 1.29 is 4.79 Å². The highest BCUT2D eigenvalue weighted by Gasteiger charge is 2.22. The molecule has 4 nitrogen and oxygen atoms in total. The molecule has 0 bridgehead atoms. The lowest BCUT2D eigenvalue weighted by atomic mass is 10.1. The quantitative estimate of drug-likeness (QED) is 0.163. The number of para-hydroxylation sites is 1. The summed E-state index contributed by atoms with van der Waals surface area (Å²) in [5, 5.41) is 9.50. The molecule has 0 saturated carbocycles. The molecule has 0 heterocycles. The minimum Gasteiger partial charge on any atom is -0.332 e. The lowest BCUT2D eigenvalue weighted by Gasteiger charge is -2.18. The van der Waals surface area contributed by atoms with Crippen LogP contribution in [0.3, 0.4) is 0 Å². The Bertz CT molecular complexity index is 1230. The van der Waals surface area contributed by atoms with Gasteiger partial charge in [-0.1, -0.05) is 64.5 Å². The first-order valence-corrected chi connectivity index (χ1v) is 12.7. The number of amides is 1. The summed E-state index contributed by atoms with van der Waals surface area (Å²) in [6, 6.07) is 35.0. The fraction of sp³-hybridized carbons (Fsp3) is 0.0370. The summed E-state index contributed by atoms with van der Waals surface area (Å²) >= 11 is 10.3. The first-order chi connectivity index (χ1) is 16.6. The highest BCUT2D eigenvalue weighted by molar-refractivity contribution is 9.10. The summed E-state index contributed by atoms with van der Waals surface area (Å²) in [6.07, 6.45) is 0. The van der Waals surface area contributed by atoms with Crippen LogP contribution in [-0.2, 0) is 4.79 Å². The molecule has 0 radical (unpaired) electrons. The highest BCUT2D eigenvalue weighted by atomic mass is 79.9. The average molecular weight is 549 g/mol. The van der Waals surface area contributed by atoms with Crippen molar-refractivity contribution in [2.75, 3.05) is 16.0 Å². The number of hydrogen-bond donors (Lipinski definition) is 3. The van der Waals surface area contributed by atoms with E-state index >= 15 is 0 Å². The number of rotatable bonds is 7. The summed E-state index contributed by atoms with van der Waals surface area (Å²) in [4.78, 5) is 14.2. The molecule has 0 saturated heterocycles. The smallest absolute Gasteiger partial charge is 0.242 e. The molecule has 1 amide bonds. The van der Waals surface area contributed by atoms with Gasteiger partial charge in [-0.15, -0.1) is 11.8 Å². The van der Waals surface area contributed by atoms with Crippen molar-refractivity contribution in [3.05, 3.63) is 119 Å². The van der Waals surface area contributed by atoms with Gasteiger partial charge in [0.05, 0.1) is 0 Å². The Labute approximate surface area is 217 Å². The van der Waals surface area contributed by atoms with Gasteiger partial charge in [0.1, 0.15) is 5.25 Å². The van der Waals surface area contributed by atoms with E-state index in [9.17, 15) is 4.79 Å². The van der Waals surface area contributed by atoms with Crippen LogP contribution in [0.25, 0.3) is 0 Å². The van der Waals surface area contributed by atoms with Crippen LogP contribution in [0.1, 0.15) is 10.8 Å². The van der Waals surface area contributed by atoms with Gasteiger partial charge in [0.2, 0.25) is 5.91 Å². The predicted molar refractivity (Wildman–Crippen MR) is 151 cm³/mol. The third kappa shape index (κ3) is 6.93. The third-order valence-corrected chi connectivity index (χ3v) is 6.85. The number of benzene rings is 4. The number of thiocarbonyl (C=S) groups is 1. The molecular weight excluding hydrogens is 526 g/mol. The van der Waals surface area contributed by atoms with E-state index in [1.54, 1.807) is 0 Å². The summed E-state index contributed by atoms with van der Waals surface area (Å²) < 4.78 is 0.964. The van der Waals surface area contributed by atoms with Crippen molar-refractivity contribution in [1.82, 2.24) is 0 Å². The van der Waals surface area contributed by atoms with Gasteiger partial charge >= 0.3 is 0 Å². The lowest BCUT2D eigenvalue weighted by molar-refractivity contribution is -0.115. The van der Waals surface area contributed by atoms with Gasteiger partial charge in [0, 0.05) is 26.4 Å². The Kier molecular flexibility index (Phi) is 8.36. The molecule has 7 heteroatoms. The second kappa shape index (κ2) is 11.8. The fourth-order valence-corrected chi connectivity index (χ4v) is 4.73. The van der Waals surface area contributed by atoms with E-state index in [0.29, 0.717) is 5.11 Å². The SMILES string of the molecule is O=C(Nc1ccc(Br)cc1)C(Sc1ccc(NC(=S)Nc2ccccc2)cc1)c1ccccc1. The third-order valence-electron chi connectivity index (χ3n) is 4.85. The van der Waals surface area contributed by atoms with E-state index in [0.717, 1.165) is 32.0 Å². The van der Waals surface area contributed by atoms with Gasteiger partial charge in [-0.3, -0.25) is 4.79 Å². The zero-order chi connectivity index (χ0) is 23.8. The molecule has 0 fully saturated rings. The van der Waals surface area contributed by atoms with Crippen molar-refractivity contribution in [2.24, 2.45) is 0 Å². The molecule has 0 aliphatic heterocycles. The summed E-state index contributed by atoms with van der Waals surface area (Å²) in [6.45, 7) is 0. The molecule has 1 unspecified atom stereocenters. The number of thioether (sulfide) groups is 1. The zero-order valence-electron chi connectivity index (χ0n) is 18.1. The van der Waals surface area contributed by atoms with E-state index in [-0.39, 0.29) is 5.91 Å². The Morgan fingerprint density at radius 3 is 1.79 bits per heavy atom. The van der Waals surface area contributed by atoms with Gasteiger partial charge in [0.15, 0.2) is 5.11 Å². The maximum atomic E-state index is 13.2. The molecule has 0 aliphatic rings. The van der Waals surface area contributed by atoms with E-state index in [1.165, 1.54) is 11.8 Å². The van der Waals surface area contributed by atoms with Crippen LogP contribution in [0.2, 0.25) is 0 Å². The van der Waals surface area contributed by atoms with Crippen LogP contribution >= 0.6 is 39.9 Å². The van der Waals surface area contributed by atoms with Crippen molar-refractivity contribution in [2.45, 2.75) is 10.1 Å². The second-order valence-electron chi connectivity index (χ2n) is 7.37. The van der Waals surface area contributed by atoms with Crippen LogP contribution in [0.5, 0.6) is 0 Å². The zero-order valence-corrected chi connectivity index (χ0v) is 21.3. The van der Waals surface area contributed by atoms with Crippen molar-refractivity contribution >= 4 is 68.0 Å². The van der Waals surface area contributed by atoms with Crippen LogP contribution in [0, 0.1) is 0 Å². The second-order valence-corrected chi connectivity index (χ2v) is 9.88. The normalized spacial score (nSPS) is 11.3. The minimum absolute atomic E-state index is 0.0750. The molecule has 0 aromatic heterocycles. The Morgan fingerprint density at radius 2 is 1.18 bits per heavy atom. The Balaban J connectivity index is 1.44. The molecule has 4 aromatic rings. The van der Waals surface area contributed by atoms with E-state index in [2.05, 4.69) is 31.9 Å². The minimum atomic E-state index is -0.399. The van der Waals surface area contributed by atoms with Crippen molar-refractivity contribution in [1.29, 1.82) is 0 Å². The molecular formula is C27H22BrN3OS2. The number of carbonyl (C=O) groups excluding carboxylic acids is 1. The number of halogens is 1. The van der Waals surface area contributed by atoms with Crippen LogP contribution in [0.4, 0.5) is 17.1 Å². The molecule has 0 aliphatic carbocycles. The van der Waals surface area contributed by atoms with Crippen molar-refractivity contribution in [3.63, 3.8) is 0 Å². The van der Waals surface area contributed by atoms with E-state index in [1.807, 2.05) is 109 Å². The number of anilines is 3.